The van der Waals surface area contributed by atoms with Crippen molar-refractivity contribution < 1.29 is 9.53 Å². The Morgan fingerprint density at radius 3 is 2.77 bits per heavy atom. The van der Waals surface area contributed by atoms with Crippen molar-refractivity contribution in [3.8, 4) is 11.3 Å². The molecule has 0 fully saturated rings. The molecule has 7 heteroatoms. The molecular formula is C19H17BrClN3O2. The lowest BCUT2D eigenvalue weighted by Crippen LogP contribution is -2.31. The van der Waals surface area contributed by atoms with Crippen molar-refractivity contribution in [2.24, 2.45) is 0 Å². The van der Waals surface area contributed by atoms with E-state index in [1.54, 1.807) is 19.2 Å². The highest BCUT2D eigenvalue weighted by molar-refractivity contribution is 9.10. The zero-order chi connectivity index (χ0) is 18.5. The number of methoxy groups -OCH3 is 1. The first-order valence-corrected chi connectivity index (χ1v) is 9.10. The number of hydrogen-bond donors (Lipinski definition) is 2. The van der Waals surface area contributed by atoms with Crippen LogP contribution in [-0.4, -0.2) is 29.8 Å². The van der Waals surface area contributed by atoms with Crippen molar-refractivity contribution in [2.75, 3.05) is 13.7 Å². The van der Waals surface area contributed by atoms with Crippen LogP contribution in [0.3, 0.4) is 0 Å². The van der Waals surface area contributed by atoms with Crippen molar-refractivity contribution in [3.63, 3.8) is 0 Å². The average molecular weight is 435 g/mol. The van der Waals surface area contributed by atoms with Gasteiger partial charge < -0.3 is 10.1 Å². The van der Waals surface area contributed by atoms with Crippen LogP contribution in [0, 0.1) is 0 Å². The van der Waals surface area contributed by atoms with Crippen LogP contribution in [0.25, 0.3) is 11.3 Å². The number of aromatic amines is 1. The summed E-state index contributed by atoms with van der Waals surface area (Å²) in [4.78, 5) is 12.8. The minimum atomic E-state index is -0.280. The molecule has 0 aliphatic carbocycles. The molecule has 0 radical (unpaired) electrons. The molecule has 0 saturated carbocycles. The molecule has 5 nitrogen and oxygen atoms in total. The zero-order valence-electron chi connectivity index (χ0n) is 14.0. The lowest BCUT2D eigenvalue weighted by molar-refractivity contribution is 0.0897. The Kier molecular flexibility index (Phi) is 6.08. The maximum atomic E-state index is 12.8. The van der Waals surface area contributed by atoms with Gasteiger partial charge >= 0.3 is 0 Å². The van der Waals surface area contributed by atoms with E-state index < -0.39 is 0 Å². The van der Waals surface area contributed by atoms with Gasteiger partial charge in [0.25, 0.3) is 5.91 Å². The van der Waals surface area contributed by atoms with Gasteiger partial charge in [0.1, 0.15) is 0 Å². The number of benzene rings is 2. The van der Waals surface area contributed by atoms with E-state index in [1.165, 1.54) is 6.20 Å². The van der Waals surface area contributed by atoms with E-state index in [2.05, 4.69) is 31.4 Å². The van der Waals surface area contributed by atoms with Crippen LogP contribution in [0.1, 0.15) is 22.0 Å². The summed E-state index contributed by atoms with van der Waals surface area (Å²) in [7, 11) is 1.61. The van der Waals surface area contributed by atoms with E-state index in [4.69, 9.17) is 16.3 Å². The Bertz CT molecular complexity index is 896. The Morgan fingerprint density at radius 1 is 1.31 bits per heavy atom. The van der Waals surface area contributed by atoms with Gasteiger partial charge in [0.05, 0.1) is 30.1 Å². The third kappa shape index (κ3) is 4.33. The van der Waals surface area contributed by atoms with Gasteiger partial charge in [-0.1, -0.05) is 51.8 Å². The molecule has 0 saturated heterocycles. The fraction of sp³-hybridized carbons (Fsp3) is 0.158. The van der Waals surface area contributed by atoms with Crippen LogP contribution < -0.4 is 5.32 Å². The van der Waals surface area contributed by atoms with Crippen LogP contribution in [0.5, 0.6) is 0 Å². The molecule has 0 aliphatic heterocycles. The Hall–Kier alpha value is -2.15. The number of halogens is 2. The lowest BCUT2D eigenvalue weighted by atomic mass is 10.1. The summed E-state index contributed by atoms with van der Waals surface area (Å²) in [6.45, 7) is 0.357. The number of H-pyrrole nitrogens is 1. The Balaban J connectivity index is 1.85. The van der Waals surface area contributed by atoms with Crippen molar-refractivity contribution in [1.29, 1.82) is 0 Å². The molecular weight excluding hydrogens is 418 g/mol. The summed E-state index contributed by atoms with van der Waals surface area (Å²) in [5.74, 6) is -0.231. The quantitative estimate of drug-likeness (QED) is 0.595. The summed E-state index contributed by atoms with van der Waals surface area (Å²) in [5.41, 5.74) is 2.89. The molecule has 0 bridgehead atoms. The van der Waals surface area contributed by atoms with Gasteiger partial charge in [-0.15, -0.1) is 0 Å². The van der Waals surface area contributed by atoms with Crippen molar-refractivity contribution >= 4 is 33.4 Å². The van der Waals surface area contributed by atoms with E-state index in [1.807, 2.05) is 36.4 Å². The van der Waals surface area contributed by atoms with E-state index >= 15 is 0 Å². The second-order valence-electron chi connectivity index (χ2n) is 5.70. The van der Waals surface area contributed by atoms with E-state index in [0.29, 0.717) is 22.9 Å². The molecule has 1 amide bonds. The predicted octanol–water partition coefficient (Wildman–Crippen LogP) is 4.61. The molecule has 3 aromatic rings. The van der Waals surface area contributed by atoms with Crippen LogP contribution in [0.15, 0.2) is 59.2 Å². The fourth-order valence-electron chi connectivity index (χ4n) is 2.64. The summed E-state index contributed by atoms with van der Waals surface area (Å²) in [5, 5.41) is 10.6. The number of aromatic nitrogens is 2. The van der Waals surface area contributed by atoms with Gasteiger partial charge in [-0.2, -0.15) is 5.10 Å². The first kappa shape index (κ1) is 18.6. The SMILES string of the molecule is COCC(NC(=O)c1cn[nH]c1-c1ccc(Cl)cc1)c1cccc(Br)c1. The molecule has 2 aromatic carbocycles. The lowest BCUT2D eigenvalue weighted by Gasteiger charge is -2.18. The van der Waals surface area contributed by atoms with E-state index in [0.717, 1.165) is 15.6 Å². The predicted molar refractivity (Wildman–Crippen MR) is 105 cm³/mol. The number of nitrogens with one attached hydrogen (secondary N) is 2. The monoisotopic (exact) mass is 433 g/mol. The Labute approximate surface area is 164 Å². The number of hydrogen-bond acceptors (Lipinski definition) is 3. The molecule has 2 N–H and O–H groups in total. The number of carbonyl (C=O) groups is 1. The van der Waals surface area contributed by atoms with Crippen molar-refractivity contribution in [3.05, 3.63) is 75.4 Å². The van der Waals surface area contributed by atoms with Crippen LogP contribution in [-0.2, 0) is 4.74 Å². The molecule has 1 aromatic heterocycles. The normalized spacial score (nSPS) is 12.0. The highest BCUT2D eigenvalue weighted by Gasteiger charge is 2.20. The summed E-state index contributed by atoms with van der Waals surface area (Å²) >= 11 is 9.39. The zero-order valence-corrected chi connectivity index (χ0v) is 16.3. The van der Waals surface area contributed by atoms with Gasteiger partial charge in [0, 0.05) is 22.2 Å². The van der Waals surface area contributed by atoms with E-state index in [-0.39, 0.29) is 11.9 Å². The molecule has 0 spiro atoms. The standard InChI is InChI=1S/C19H17BrClN3O2/c1-26-11-17(13-3-2-4-14(20)9-13)23-19(25)16-10-22-24-18(16)12-5-7-15(21)8-6-12/h2-10,17H,11H2,1H3,(H,22,24)(H,23,25). The van der Waals surface area contributed by atoms with Crippen molar-refractivity contribution in [1.82, 2.24) is 15.5 Å². The van der Waals surface area contributed by atoms with Crippen LogP contribution in [0.4, 0.5) is 0 Å². The third-order valence-corrected chi connectivity index (χ3v) is 4.65. The second-order valence-corrected chi connectivity index (χ2v) is 7.05. The average Bonchev–Trinajstić information content (AvgIpc) is 3.12. The molecule has 1 heterocycles. The number of rotatable bonds is 6. The number of amides is 1. The molecule has 3 rings (SSSR count). The first-order chi connectivity index (χ1) is 12.6. The smallest absolute Gasteiger partial charge is 0.255 e. The first-order valence-electron chi connectivity index (χ1n) is 7.93. The van der Waals surface area contributed by atoms with Gasteiger partial charge in [-0.3, -0.25) is 9.89 Å². The highest BCUT2D eigenvalue weighted by atomic mass is 79.9. The molecule has 134 valence electrons. The highest BCUT2D eigenvalue weighted by Crippen LogP contribution is 2.24. The largest absolute Gasteiger partial charge is 0.382 e. The topological polar surface area (TPSA) is 67.0 Å². The van der Waals surface area contributed by atoms with Crippen LogP contribution in [0.2, 0.25) is 5.02 Å². The Morgan fingerprint density at radius 2 is 2.08 bits per heavy atom. The number of nitrogens with zero attached hydrogens (tertiary/aromatic N) is 1. The van der Waals surface area contributed by atoms with Crippen LogP contribution >= 0.6 is 27.5 Å². The second kappa shape index (κ2) is 8.49. The molecule has 1 unspecified atom stereocenters. The van der Waals surface area contributed by atoms with Crippen molar-refractivity contribution in [2.45, 2.75) is 6.04 Å². The summed E-state index contributed by atoms with van der Waals surface area (Å²) in [6.07, 6.45) is 1.52. The van der Waals surface area contributed by atoms with Gasteiger partial charge in [0.2, 0.25) is 0 Å². The van der Waals surface area contributed by atoms with E-state index in [9.17, 15) is 4.79 Å². The maximum absolute atomic E-state index is 12.8. The van der Waals surface area contributed by atoms with Gasteiger partial charge in [-0.05, 0) is 29.8 Å². The third-order valence-electron chi connectivity index (χ3n) is 3.91. The maximum Gasteiger partial charge on any atom is 0.255 e. The van der Waals surface area contributed by atoms with Gasteiger partial charge in [-0.25, -0.2) is 0 Å². The molecule has 0 aliphatic rings. The summed E-state index contributed by atoms with van der Waals surface area (Å²) in [6, 6.07) is 14.7. The number of carbonyl (C=O) groups excluding carboxylic acids is 1. The fourth-order valence-corrected chi connectivity index (χ4v) is 3.19. The summed E-state index contributed by atoms with van der Waals surface area (Å²) < 4.78 is 6.22. The molecule has 1 atom stereocenters. The molecule has 26 heavy (non-hydrogen) atoms. The minimum absolute atomic E-state index is 0.231. The van der Waals surface area contributed by atoms with Gasteiger partial charge in [0.15, 0.2) is 0 Å². The minimum Gasteiger partial charge on any atom is -0.382 e. The number of ether oxygens (including phenoxy) is 1.